The third kappa shape index (κ3) is 6.12. The lowest BCUT2D eigenvalue weighted by Gasteiger charge is -2.39. The zero-order chi connectivity index (χ0) is 28.1. The van der Waals surface area contributed by atoms with Crippen molar-refractivity contribution in [3.63, 3.8) is 0 Å². The molecule has 0 saturated carbocycles. The zero-order valence-electron chi connectivity index (χ0n) is 21.1. The molecule has 3 rings (SSSR count). The molecule has 0 aliphatic carbocycles. The second-order valence-corrected chi connectivity index (χ2v) is 15.6. The monoisotopic (exact) mass is 563 g/mol. The third-order valence-corrected chi connectivity index (χ3v) is 11.4. The summed E-state index contributed by atoms with van der Waals surface area (Å²) in [6, 6.07) is 1.35. The minimum Gasteiger partial charge on any atom is -0.411 e. The Bertz CT molecular complexity index is 1230. The van der Waals surface area contributed by atoms with Gasteiger partial charge in [-0.3, -0.25) is 14.5 Å². The molecule has 1 N–H and O–H groups in total. The van der Waals surface area contributed by atoms with Crippen LogP contribution in [0.1, 0.15) is 38.4 Å². The second kappa shape index (κ2) is 9.95. The standard InChI is InChI=1S/C24H27ClF5N3O3Si/c1-12-7-13(24(28,29)30)8-19(31-12)33-20(34)11-18(36-37(5,6)23(2,3)4)21(33)22(35)32-17-9-14(25)15(26)10-16(17)27/h7-10,18,21H,11H2,1-6H3,(H,32,35)/t18-,21-/m0/s1. The van der Waals surface area contributed by atoms with Gasteiger partial charge in [-0.05, 0) is 43.3 Å². The number of aromatic nitrogens is 1. The summed E-state index contributed by atoms with van der Waals surface area (Å²) in [4.78, 5) is 31.5. The van der Waals surface area contributed by atoms with Gasteiger partial charge in [-0.2, -0.15) is 13.2 Å². The largest absolute Gasteiger partial charge is 0.416 e. The number of aryl methyl sites for hydroxylation is 1. The van der Waals surface area contributed by atoms with E-state index in [1.807, 2.05) is 33.9 Å². The summed E-state index contributed by atoms with van der Waals surface area (Å²) in [5.74, 6) is -4.20. The predicted octanol–water partition coefficient (Wildman–Crippen LogP) is 6.47. The van der Waals surface area contributed by atoms with Crippen molar-refractivity contribution in [1.29, 1.82) is 0 Å². The maximum absolute atomic E-state index is 14.4. The first-order valence-corrected chi connectivity index (χ1v) is 14.6. The van der Waals surface area contributed by atoms with Crippen LogP contribution < -0.4 is 10.2 Å². The molecule has 0 radical (unpaired) electrons. The Labute approximate surface area is 217 Å². The van der Waals surface area contributed by atoms with Crippen LogP contribution in [0.25, 0.3) is 0 Å². The van der Waals surface area contributed by atoms with E-state index in [2.05, 4.69) is 10.3 Å². The molecule has 0 bridgehead atoms. The van der Waals surface area contributed by atoms with Crippen LogP contribution >= 0.6 is 11.6 Å². The smallest absolute Gasteiger partial charge is 0.411 e. The van der Waals surface area contributed by atoms with Gasteiger partial charge in [0.05, 0.1) is 28.8 Å². The van der Waals surface area contributed by atoms with Gasteiger partial charge in [0.2, 0.25) is 11.8 Å². The number of halogens is 6. The highest BCUT2D eigenvalue weighted by atomic mass is 35.5. The molecule has 2 heterocycles. The molecule has 2 atom stereocenters. The molecule has 1 aliphatic heterocycles. The first-order valence-electron chi connectivity index (χ1n) is 11.3. The number of carbonyl (C=O) groups excluding carboxylic acids is 2. The molecule has 0 unspecified atom stereocenters. The number of carbonyl (C=O) groups is 2. The highest BCUT2D eigenvalue weighted by molar-refractivity contribution is 6.74. The summed E-state index contributed by atoms with van der Waals surface area (Å²) in [6.07, 6.45) is -6.11. The molecular formula is C24H27ClF5N3O3Si. The number of alkyl halides is 3. The van der Waals surface area contributed by atoms with Crippen molar-refractivity contribution in [3.8, 4) is 0 Å². The Morgan fingerprint density at radius 3 is 2.32 bits per heavy atom. The van der Waals surface area contributed by atoms with Crippen molar-refractivity contribution in [1.82, 2.24) is 4.98 Å². The van der Waals surface area contributed by atoms with E-state index in [9.17, 15) is 31.5 Å². The molecule has 202 valence electrons. The Morgan fingerprint density at radius 1 is 1.14 bits per heavy atom. The number of hydrogen-bond donors (Lipinski definition) is 1. The fourth-order valence-electron chi connectivity index (χ4n) is 3.68. The summed E-state index contributed by atoms with van der Waals surface area (Å²) < 4.78 is 74.9. The first-order chi connectivity index (χ1) is 16.8. The lowest BCUT2D eigenvalue weighted by molar-refractivity contribution is -0.137. The normalized spacial score (nSPS) is 18.9. The fourth-order valence-corrected chi connectivity index (χ4v) is 5.17. The van der Waals surface area contributed by atoms with Crippen LogP contribution in [0.5, 0.6) is 0 Å². The van der Waals surface area contributed by atoms with Crippen molar-refractivity contribution >= 4 is 43.2 Å². The number of pyridine rings is 1. The summed E-state index contributed by atoms with van der Waals surface area (Å²) in [5.41, 5.74) is -1.54. The molecule has 1 aromatic carbocycles. The average molecular weight is 564 g/mol. The predicted molar refractivity (Wildman–Crippen MR) is 132 cm³/mol. The van der Waals surface area contributed by atoms with Crippen LogP contribution in [0.3, 0.4) is 0 Å². The topological polar surface area (TPSA) is 71.5 Å². The van der Waals surface area contributed by atoms with Crippen LogP contribution in [0.2, 0.25) is 23.2 Å². The van der Waals surface area contributed by atoms with Crippen molar-refractivity contribution < 1.29 is 36.0 Å². The van der Waals surface area contributed by atoms with Gasteiger partial charge in [0.25, 0.3) is 0 Å². The maximum atomic E-state index is 14.4. The Morgan fingerprint density at radius 2 is 1.76 bits per heavy atom. The molecule has 0 spiro atoms. The SMILES string of the molecule is Cc1cc(C(F)(F)F)cc(N2C(=O)C[C@H](O[Si](C)(C)C(C)(C)C)[C@H]2C(=O)Nc2cc(Cl)c(F)cc2F)n1. The molecule has 1 aromatic heterocycles. The summed E-state index contributed by atoms with van der Waals surface area (Å²) >= 11 is 5.73. The van der Waals surface area contributed by atoms with E-state index in [0.29, 0.717) is 12.1 Å². The molecule has 1 fully saturated rings. The average Bonchev–Trinajstić information content (AvgIpc) is 3.05. The van der Waals surface area contributed by atoms with E-state index in [1.165, 1.54) is 6.92 Å². The van der Waals surface area contributed by atoms with Crippen molar-refractivity contribution in [2.24, 2.45) is 0 Å². The first kappa shape index (κ1) is 29.0. The van der Waals surface area contributed by atoms with Gasteiger partial charge in [-0.15, -0.1) is 0 Å². The highest BCUT2D eigenvalue weighted by Crippen LogP contribution is 2.41. The van der Waals surface area contributed by atoms with Crippen LogP contribution in [0.4, 0.5) is 33.5 Å². The maximum Gasteiger partial charge on any atom is 0.416 e. The number of amides is 2. The lowest BCUT2D eigenvalue weighted by Crippen LogP contribution is -2.52. The molecule has 6 nitrogen and oxygen atoms in total. The lowest BCUT2D eigenvalue weighted by atomic mass is 10.1. The molecule has 2 aromatic rings. The Kier molecular flexibility index (Phi) is 7.80. The van der Waals surface area contributed by atoms with Gasteiger partial charge in [-0.25, -0.2) is 13.8 Å². The fraction of sp³-hybridized carbons (Fsp3) is 0.458. The number of hydrogen-bond acceptors (Lipinski definition) is 4. The summed E-state index contributed by atoms with van der Waals surface area (Å²) in [6.45, 7) is 10.9. The Balaban J connectivity index is 2.10. The number of nitrogens with one attached hydrogen (secondary N) is 1. The summed E-state index contributed by atoms with van der Waals surface area (Å²) in [5, 5.41) is 1.50. The summed E-state index contributed by atoms with van der Waals surface area (Å²) in [7, 11) is -2.59. The van der Waals surface area contributed by atoms with Crippen LogP contribution in [-0.2, 0) is 20.2 Å². The van der Waals surface area contributed by atoms with E-state index >= 15 is 0 Å². The van der Waals surface area contributed by atoms with E-state index in [1.54, 1.807) is 0 Å². The molecule has 1 aliphatic rings. The quantitative estimate of drug-likeness (QED) is 0.257. The van der Waals surface area contributed by atoms with Crippen molar-refractivity contribution in [2.45, 2.75) is 70.6 Å². The second-order valence-electron chi connectivity index (χ2n) is 10.4. The van der Waals surface area contributed by atoms with Gasteiger partial charge in [-0.1, -0.05) is 32.4 Å². The van der Waals surface area contributed by atoms with E-state index in [-0.39, 0.29) is 17.2 Å². The molecule has 1 saturated heterocycles. The van der Waals surface area contributed by atoms with Gasteiger partial charge in [0, 0.05) is 11.8 Å². The highest BCUT2D eigenvalue weighted by Gasteiger charge is 2.51. The zero-order valence-corrected chi connectivity index (χ0v) is 22.8. The van der Waals surface area contributed by atoms with Crippen molar-refractivity contribution in [2.75, 3.05) is 10.2 Å². The van der Waals surface area contributed by atoms with Crippen LogP contribution in [0.15, 0.2) is 24.3 Å². The van der Waals surface area contributed by atoms with Gasteiger partial charge in [0.1, 0.15) is 23.5 Å². The molecular weight excluding hydrogens is 537 g/mol. The number of nitrogens with zero attached hydrogens (tertiary/aromatic N) is 2. The van der Waals surface area contributed by atoms with Gasteiger partial charge < -0.3 is 9.74 Å². The van der Waals surface area contributed by atoms with Crippen molar-refractivity contribution in [3.05, 3.63) is 52.2 Å². The van der Waals surface area contributed by atoms with Gasteiger partial charge >= 0.3 is 6.18 Å². The van der Waals surface area contributed by atoms with E-state index < -0.39 is 72.2 Å². The molecule has 2 amide bonds. The van der Waals surface area contributed by atoms with Gasteiger partial charge in [0.15, 0.2) is 8.32 Å². The van der Waals surface area contributed by atoms with Crippen LogP contribution in [0, 0.1) is 18.6 Å². The molecule has 37 heavy (non-hydrogen) atoms. The number of benzene rings is 1. The minimum atomic E-state index is -4.73. The number of rotatable bonds is 5. The van der Waals surface area contributed by atoms with Crippen LogP contribution in [-0.4, -0.2) is 37.3 Å². The number of anilines is 2. The minimum absolute atomic E-state index is 0.0260. The Hall–Kier alpha value is -2.57. The third-order valence-electron chi connectivity index (χ3n) is 6.58. The van der Waals surface area contributed by atoms with E-state index in [0.717, 1.165) is 17.0 Å². The van der Waals surface area contributed by atoms with E-state index in [4.69, 9.17) is 16.0 Å². The molecule has 13 heteroatoms.